The van der Waals surface area contributed by atoms with Gasteiger partial charge in [0, 0.05) is 5.56 Å². The molecule has 0 atom stereocenters. The Kier molecular flexibility index (Phi) is 5.71. The lowest BCUT2D eigenvalue weighted by atomic mass is 10.1. The number of rotatable bonds is 5. The number of hydrogen-bond donors (Lipinski definition) is 0. The highest BCUT2D eigenvalue weighted by molar-refractivity contribution is 7.16. The average molecular weight is 384 g/mol. The van der Waals surface area contributed by atoms with Gasteiger partial charge in [-0.15, -0.1) is 0 Å². The first-order valence-electron chi connectivity index (χ1n) is 8.51. The number of thiazole rings is 1. The molecule has 0 saturated carbocycles. The smallest absolute Gasteiger partial charge is 0.326 e. The maximum Gasteiger partial charge on any atom is 0.326 e. The van der Waals surface area contributed by atoms with Gasteiger partial charge in [0.15, 0.2) is 4.80 Å². The van der Waals surface area contributed by atoms with Crippen molar-refractivity contribution in [3.05, 3.63) is 58.4 Å². The van der Waals surface area contributed by atoms with Crippen LogP contribution in [0, 0.1) is 6.92 Å². The number of hydrogen-bond acceptors (Lipinski definition) is 5. The second kappa shape index (κ2) is 8.18. The molecule has 0 spiro atoms. The summed E-state index contributed by atoms with van der Waals surface area (Å²) in [5.74, 6) is -0.150. The van der Waals surface area contributed by atoms with Crippen LogP contribution in [-0.2, 0) is 16.1 Å². The highest BCUT2D eigenvalue weighted by Gasteiger charge is 2.16. The quantitative estimate of drug-likeness (QED) is 0.633. The molecule has 0 bridgehead atoms. The van der Waals surface area contributed by atoms with E-state index < -0.39 is 5.97 Å². The van der Waals surface area contributed by atoms with Crippen LogP contribution >= 0.6 is 11.3 Å². The Morgan fingerprint density at radius 1 is 1.15 bits per heavy atom. The molecule has 1 aromatic heterocycles. The molecule has 140 valence electrons. The van der Waals surface area contributed by atoms with Gasteiger partial charge in [0.25, 0.3) is 5.91 Å². The van der Waals surface area contributed by atoms with Gasteiger partial charge in [-0.2, -0.15) is 4.99 Å². The lowest BCUT2D eigenvalue weighted by Crippen LogP contribution is -2.23. The van der Waals surface area contributed by atoms with Gasteiger partial charge in [0.2, 0.25) is 0 Å². The topological polar surface area (TPSA) is 69.9 Å². The van der Waals surface area contributed by atoms with E-state index in [1.54, 1.807) is 30.7 Å². The molecule has 6 nitrogen and oxygen atoms in total. The fraction of sp³-hybridized carbons (Fsp3) is 0.250. The fourth-order valence-corrected chi connectivity index (χ4v) is 3.72. The summed E-state index contributed by atoms with van der Waals surface area (Å²) in [7, 11) is 1.56. The highest BCUT2D eigenvalue weighted by Crippen LogP contribution is 2.27. The number of carbonyl (C=O) groups is 2. The molecule has 7 heteroatoms. The molecule has 27 heavy (non-hydrogen) atoms. The van der Waals surface area contributed by atoms with Crippen LogP contribution in [0.3, 0.4) is 0 Å². The number of methoxy groups -OCH3 is 1. The van der Waals surface area contributed by atoms with Crippen LogP contribution in [0.5, 0.6) is 5.75 Å². The van der Waals surface area contributed by atoms with Crippen LogP contribution in [0.1, 0.15) is 22.8 Å². The van der Waals surface area contributed by atoms with Gasteiger partial charge in [-0.25, -0.2) is 0 Å². The van der Waals surface area contributed by atoms with E-state index >= 15 is 0 Å². The van der Waals surface area contributed by atoms with Crippen molar-refractivity contribution in [1.29, 1.82) is 0 Å². The van der Waals surface area contributed by atoms with Crippen molar-refractivity contribution < 1.29 is 19.1 Å². The van der Waals surface area contributed by atoms with E-state index in [1.165, 1.54) is 11.3 Å². The maximum atomic E-state index is 12.6. The van der Waals surface area contributed by atoms with Crippen molar-refractivity contribution >= 4 is 33.4 Å². The Morgan fingerprint density at radius 3 is 2.56 bits per heavy atom. The first-order chi connectivity index (χ1) is 13.0. The van der Waals surface area contributed by atoms with Crippen molar-refractivity contribution in [1.82, 2.24) is 4.57 Å². The minimum Gasteiger partial charge on any atom is -0.495 e. The Morgan fingerprint density at radius 2 is 1.89 bits per heavy atom. The minimum absolute atomic E-state index is 0.0474. The standard InChI is InChI=1S/C20H20N2O4S/c1-4-26-17(23)12-22-18-15(25-3)6-5-7-16(18)27-20(22)21-19(24)14-10-8-13(2)9-11-14/h5-11H,4,12H2,1-3H3/b21-20-. The minimum atomic E-state index is -0.396. The SMILES string of the molecule is CCOC(=O)Cn1/c(=N/C(=O)c2ccc(C)cc2)sc2cccc(OC)c21. The zero-order chi connectivity index (χ0) is 19.4. The van der Waals surface area contributed by atoms with Gasteiger partial charge in [-0.3, -0.25) is 9.59 Å². The molecule has 0 N–H and O–H groups in total. The zero-order valence-electron chi connectivity index (χ0n) is 15.4. The molecular weight excluding hydrogens is 364 g/mol. The lowest BCUT2D eigenvalue weighted by molar-refractivity contribution is -0.143. The van der Waals surface area contributed by atoms with Crippen LogP contribution in [0.15, 0.2) is 47.5 Å². The van der Waals surface area contributed by atoms with Crippen LogP contribution in [0.25, 0.3) is 10.2 Å². The largest absolute Gasteiger partial charge is 0.495 e. The molecule has 0 unspecified atom stereocenters. The van der Waals surface area contributed by atoms with Crippen molar-refractivity contribution in [3.8, 4) is 5.75 Å². The number of amides is 1. The maximum absolute atomic E-state index is 12.6. The molecule has 2 aromatic carbocycles. The van der Waals surface area contributed by atoms with Gasteiger partial charge in [0.05, 0.1) is 18.4 Å². The molecule has 1 amide bonds. The van der Waals surface area contributed by atoms with Gasteiger partial charge in [-0.05, 0) is 38.1 Å². The summed E-state index contributed by atoms with van der Waals surface area (Å²) in [6.07, 6.45) is 0. The summed E-state index contributed by atoms with van der Waals surface area (Å²) >= 11 is 1.33. The average Bonchev–Trinajstić information content (AvgIpc) is 2.99. The molecule has 0 saturated heterocycles. The summed E-state index contributed by atoms with van der Waals surface area (Å²) in [4.78, 5) is 29.4. The number of nitrogens with zero attached hydrogens (tertiary/aromatic N) is 2. The molecule has 0 aliphatic heterocycles. The number of fused-ring (bicyclic) bond motifs is 1. The zero-order valence-corrected chi connectivity index (χ0v) is 16.2. The highest BCUT2D eigenvalue weighted by atomic mass is 32.1. The Bertz CT molecular complexity index is 1050. The Hall–Kier alpha value is -2.93. The van der Waals surface area contributed by atoms with Crippen molar-refractivity contribution in [2.75, 3.05) is 13.7 Å². The van der Waals surface area contributed by atoms with Crippen molar-refractivity contribution in [2.24, 2.45) is 4.99 Å². The first kappa shape index (κ1) is 18.8. The number of para-hydroxylation sites is 1. The van der Waals surface area contributed by atoms with E-state index in [0.29, 0.717) is 21.6 Å². The summed E-state index contributed by atoms with van der Waals surface area (Å²) < 4.78 is 13.0. The Labute approximate surface area is 160 Å². The summed E-state index contributed by atoms with van der Waals surface area (Å²) in [6, 6.07) is 12.8. The van der Waals surface area contributed by atoms with Crippen LogP contribution < -0.4 is 9.54 Å². The van der Waals surface area contributed by atoms with Crippen molar-refractivity contribution in [3.63, 3.8) is 0 Å². The van der Waals surface area contributed by atoms with E-state index in [0.717, 1.165) is 10.3 Å². The molecule has 0 radical (unpaired) electrons. The van der Waals surface area contributed by atoms with Crippen LogP contribution in [0.2, 0.25) is 0 Å². The summed E-state index contributed by atoms with van der Waals surface area (Å²) in [6.45, 7) is 3.94. The molecule has 0 aliphatic rings. The van der Waals surface area contributed by atoms with E-state index in [-0.39, 0.29) is 19.1 Å². The monoisotopic (exact) mass is 384 g/mol. The second-order valence-corrected chi connectivity index (χ2v) is 6.87. The number of esters is 1. The van der Waals surface area contributed by atoms with Gasteiger partial charge < -0.3 is 14.0 Å². The third-order valence-corrected chi connectivity index (χ3v) is 5.02. The number of benzene rings is 2. The third kappa shape index (κ3) is 4.09. The number of ether oxygens (including phenoxy) is 2. The van der Waals surface area contributed by atoms with Gasteiger partial charge >= 0.3 is 5.97 Å². The van der Waals surface area contributed by atoms with Crippen molar-refractivity contribution in [2.45, 2.75) is 20.4 Å². The van der Waals surface area contributed by atoms with Crippen LogP contribution in [0.4, 0.5) is 0 Å². The molecule has 3 aromatic rings. The second-order valence-electron chi connectivity index (χ2n) is 5.87. The Balaban J connectivity index is 2.14. The molecule has 0 aliphatic carbocycles. The number of carbonyl (C=O) groups excluding carboxylic acids is 2. The van der Waals surface area contributed by atoms with Gasteiger partial charge in [0.1, 0.15) is 17.8 Å². The van der Waals surface area contributed by atoms with E-state index in [1.807, 2.05) is 37.3 Å². The molecule has 0 fully saturated rings. The predicted octanol–water partition coefficient (Wildman–Crippen LogP) is 3.32. The molecular formula is C20H20N2O4S. The van der Waals surface area contributed by atoms with Gasteiger partial charge in [-0.1, -0.05) is 35.1 Å². The normalized spacial score (nSPS) is 11.6. The van der Waals surface area contributed by atoms with E-state index in [2.05, 4.69) is 4.99 Å². The predicted molar refractivity (Wildman–Crippen MR) is 104 cm³/mol. The van der Waals surface area contributed by atoms with E-state index in [9.17, 15) is 9.59 Å². The molecule has 1 heterocycles. The lowest BCUT2D eigenvalue weighted by Gasteiger charge is -2.08. The number of aromatic nitrogens is 1. The number of aryl methyl sites for hydroxylation is 1. The summed E-state index contributed by atoms with van der Waals surface area (Å²) in [5.41, 5.74) is 2.27. The third-order valence-electron chi connectivity index (χ3n) is 3.97. The fourth-order valence-electron chi connectivity index (χ4n) is 2.68. The summed E-state index contributed by atoms with van der Waals surface area (Å²) in [5, 5.41) is 0. The van der Waals surface area contributed by atoms with E-state index in [4.69, 9.17) is 9.47 Å². The van der Waals surface area contributed by atoms with Crippen LogP contribution in [-0.4, -0.2) is 30.2 Å². The molecule has 3 rings (SSSR count). The first-order valence-corrected chi connectivity index (χ1v) is 9.32.